The van der Waals surface area contributed by atoms with Crippen LogP contribution in [0.4, 0.5) is 5.13 Å². The summed E-state index contributed by atoms with van der Waals surface area (Å²) in [6, 6.07) is 10.1. The minimum absolute atomic E-state index is 0.632. The zero-order chi connectivity index (χ0) is 19.4. The Hall–Kier alpha value is -2.38. The fourth-order valence-electron chi connectivity index (χ4n) is 2.52. The summed E-state index contributed by atoms with van der Waals surface area (Å²) in [5.74, 6) is 1.29. The Bertz CT molecular complexity index is 985. The summed E-state index contributed by atoms with van der Waals surface area (Å²) in [6.07, 6.45) is 1.71. The molecule has 0 spiro atoms. The van der Waals surface area contributed by atoms with Crippen LogP contribution in [0.2, 0.25) is 0 Å². The molecule has 1 N–H and O–H groups in total. The predicted octanol–water partition coefficient (Wildman–Crippen LogP) is 5.65. The van der Waals surface area contributed by atoms with Gasteiger partial charge in [-0.15, -0.1) is 11.3 Å². The van der Waals surface area contributed by atoms with Crippen molar-refractivity contribution in [1.82, 2.24) is 4.98 Å². The van der Waals surface area contributed by atoms with Gasteiger partial charge in [0, 0.05) is 16.5 Å². The van der Waals surface area contributed by atoms with E-state index in [0.717, 1.165) is 26.4 Å². The molecule has 1 heterocycles. The molecule has 0 aliphatic carbocycles. The molecule has 140 valence electrons. The summed E-state index contributed by atoms with van der Waals surface area (Å²) in [5.41, 5.74) is 8.43. The number of nitrogens with zero attached hydrogens (tertiary/aromatic N) is 2. The zero-order valence-electron chi connectivity index (χ0n) is 15.5. The third kappa shape index (κ3) is 4.31. The lowest BCUT2D eigenvalue weighted by Crippen LogP contribution is -1.96. The number of hydrazone groups is 1. The maximum Gasteiger partial charge on any atom is 0.203 e. The van der Waals surface area contributed by atoms with Crippen molar-refractivity contribution in [3.05, 3.63) is 56.9 Å². The van der Waals surface area contributed by atoms with E-state index >= 15 is 0 Å². The van der Waals surface area contributed by atoms with E-state index in [4.69, 9.17) is 9.47 Å². The molecule has 2 aromatic carbocycles. The molecule has 0 atom stereocenters. The lowest BCUT2D eigenvalue weighted by molar-refractivity contribution is 0.353. The lowest BCUT2D eigenvalue weighted by Gasteiger charge is -2.10. The molecule has 0 radical (unpaired) electrons. The highest BCUT2D eigenvalue weighted by molar-refractivity contribution is 9.10. The maximum absolute atomic E-state index is 5.38. The maximum atomic E-state index is 5.38. The highest BCUT2D eigenvalue weighted by atomic mass is 79.9. The van der Waals surface area contributed by atoms with Crippen molar-refractivity contribution in [3.8, 4) is 22.8 Å². The molecule has 1 aromatic heterocycles. The minimum atomic E-state index is 0.632. The van der Waals surface area contributed by atoms with E-state index in [1.807, 2.05) is 17.5 Å². The second-order valence-corrected chi connectivity index (χ2v) is 7.56. The number of benzene rings is 2. The average molecular weight is 446 g/mol. The Morgan fingerprint density at radius 3 is 2.63 bits per heavy atom. The Morgan fingerprint density at radius 1 is 1.11 bits per heavy atom. The van der Waals surface area contributed by atoms with Crippen LogP contribution in [0.3, 0.4) is 0 Å². The summed E-state index contributed by atoms with van der Waals surface area (Å²) in [4.78, 5) is 4.60. The Labute approximate surface area is 171 Å². The lowest BCUT2D eigenvalue weighted by atomic mass is 10.1. The van der Waals surface area contributed by atoms with Crippen LogP contribution in [0.1, 0.15) is 16.7 Å². The summed E-state index contributed by atoms with van der Waals surface area (Å²) in [7, 11) is 3.21. The number of thiazole rings is 1. The number of anilines is 1. The SMILES string of the molecule is COc1ccc(/C=N\Nc2nc(-c3ccc(C)c(C)c3)cs2)c(Br)c1OC. The van der Waals surface area contributed by atoms with Crippen LogP contribution in [-0.4, -0.2) is 25.4 Å². The molecule has 5 nitrogen and oxygen atoms in total. The molecule has 0 unspecified atom stereocenters. The van der Waals surface area contributed by atoms with Gasteiger partial charge >= 0.3 is 0 Å². The zero-order valence-corrected chi connectivity index (χ0v) is 17.9. The van der Waals surface area contributed by atoms with Crippen LogP contribution < -0.4 is 14.9 Å². The number of aromatic nitrogens is 1. The summed E-state index contributed by atoms with van der Waals surface area (Å²) in [6.45, 7) is 4.21. The number of ether oxygens (including phenoxy) is 2. The molecule has 0 amide bonds. The van der Waals surface area contributed by atoms with Gasteiger partial charge in [0.2, 0.25) is 5.13 Å². The highest BCUT2D eigenvalue weighted by Gasteiger charge is 2.11. The Kier molecular flexibility index (Phi) is 6.13. The van der Waals surface area contributed by atoms with Crippen LogP contribution in [0, 0.1) is 13.8 Å². The predicted molar refractivity (Wildman–Crippen MR) is 115 cm³/mol. The number of hydrogen-bond donors (Lipinski definition) is 1. The van der Waals surface area contributed by atoms with Gasteiger partial charge in [0.15, 0.2) is 11.5 Å². The molecule has 27 heavy (non-hydrogen) atoms. The summed E-state index contributed by atoms with van der Waals surface area (Å²) in [5, 5.41) is 7.04. The van der Waals surface area contributed by atoms with Crippen molar-refractivity contribution >= 4 is 38.6 Å². The molecule has 3 rings (SSSR count). The first-order valence-electron chi connectivity index (χ1n) is 8.26. The van der Waals surface area contributed by atoms with Crippen molar-refractivity contribution in [1.29, 1.82) is 0 Å². The monoisotopic (exact) mass is 445 g/mol. The van der Waals surface area contributed by atoms with Gasteiger partial charge in [0.1, 0.15) is 0 Å². The van der Waals surface area contributed by atoms with Crippen molar-refractivity contribution in [2.24, 2.45) is 5.10 Å². The van der Waals surface area contributed by atoms with Crippen LogP contribution in [0.25, 0.3) is 11.3 Å². The van der Waals surface area contributed by atoms with E-state index in [0.29, 0.717) is 11.5 Å². The van der Waals surface area contributed by atoms with Gasteiger partial charge in [-0.25, -0.2) is 4.98 Å². The van der Waals surface area contributed by atoms with E-state index < -0.39 is 0 Å². The number of hydrogen-bond acceptors (Lipinski definition) is 6. The number of halogens is 1. The van der Waals surface area contributed by atoms with Crippen LogP contribution in [-0.2, 0) is 0 Å². The largest absolute Gasteiger partial charge is 0.493 e. The summed E-state index contributed by atoms with van der Waals surface area (Å²) < 4.78 is 11.4. The van der Waals surface area contributed by atoms with E-state index in [1.54, 1.807) is 20.4 Å². The molecule has 0 aliphatic rings. The van der Waals surface area contributed by atoms with Gasteiger partial charge < -0.3 is 9.47 Å². The summed E-state index contributed by atoms with van der Waals surface area (Å²) >= 11 is 5.04. The second kappa shape index (κ2) is 8.54. The molecule has 0 saturated carbocycles. The van der Waals surface area contributed by atoms with E-state index in [-0.39, 0.29) is 0 Å². The highest BCUT2D eigenvalue weighted by Crippen LogP contribution is 2.36. The molecule has 0 aliphatic heterocycles. The van der Waals surface area contributed by atoms with Gasteiger partial charge in [-0.2, -0.15) is 5.10 Å². The van der Waals surface area contributed by atoms with Gasteiger partial charge in [-0.3, -0.25) is 5.43 Å². The topological polar surface area (TPSA) is 55.7 Å². The fraction of sp³-hybridized carbons (Fsp3) is 0.200. The molecular weight excluding hydrogens is 426 g/mol. The van der Waals surface area contributed by atoms with E-state index in [1.165, 1.54) is 22.5 Å². The van der Waals surface area contributed by atoms with Gasteiger partial charge in [0.05, 0.1) is 30.6 Å². The minimum Gasteiger partial charge on any atom is -0.493 e. The molecular formula is C20H20BrN3O2S. The first-order valence-corrected chi connectivity index (χ1v) is 9.93. The molecule has 0 saturated heterocycles. The third-order valence-electron chi connectivity index (χ3n) is 4.19. The average Bonchev–Trinajstić information content (AvgIpc) is 3.14. The van der Waals surface area contributed by atoms with Gasteiger partial charge in [-0.05, 0) is 59.1 Å². The fourth-order valence-corrected chi connectivity index (χ4v) is 3.78. The second-order valence-electron chi connectivity index (χ2n) is 5.91. The molecule has 0 fully saturated rings. The Balaban J connectivity index is 1.74. The van der Waals surface area contributed by atoms with Crippen molar-refractivity contribution < 1.29 is 9.47 Å². The number of nitrogens with one attached hydrogen (secondary N) is 1. The van der Waals surface area contributed by atoms with E-state index in [9.17, 15) is 0 Å². The molecule has 0 bridgehead atoms. The first kappa shape index (κ1) is 19.4. The van der Waals surface area contributed by atoms with Crippen molar-refractivity contribution in [2.75, 3.05) is 19.6 Å². The molecule has 7 heteroatoms. The van der Waals surface area contributed by atoms with Crippen molar-refractivity contribution in [2.45, 2.75) is 13.8 Å². The van der Waals surface area contributed by atoms with E-state index in [2.05, 4.69) is 63.5 Å². The standard InChI is InChI=1S/C20H20BrN3O2S/c1-12-5-6-14(9-13(12)2)16-11-27-20(23-16)24-22-10-15-7-8-17(25-3)19(26-4)18(15)21/h5-11H,1-4H3,(H,23,24)/b22-10-. The third-order valence-corrected chi connectivity index (χ3v) is 5.75. The number of rotatable bonds is 6. The van der Waals surface area contributed by atoms with Crippen LogP contribution >= 0.6 is 27.3 Å². The number of aryl methyl sites for hydroxylation is 2. The molecule has 3 aromatic rings. The van der Waals surface area contributed by atoms with Crippen LogP contribution in [0.15, 0.2) is 45.3 Å². The quantitative estimate of drug-likeness (QED) is 0.393. The Morgan fingerprint density at radius 2 is 1.93 bits per heavy atom. The normalized spacial score (nSPS) is 11.0. The van der Waals surface area contributed by atoms with Gasteiger partial charge in [-0.1, -0.05) is 12.1 Å². The smallest absolute Gasteiger partial charge is 0.203 e. The van der Waals surface area contributed by atoms with Gasteiger partial charge in [0.25, 0.3) is 0 Å². The van der Waals surface area contributed by atoms with Crippen molar-refractivity contribution in [3.63, 3.8) is 0 Å². The first-order chi connectivity index (χ1) is 13.0. The number of methoxy groups -OCH3 is 2. The van der Waals surface area contributed by atoms with Crippen LogP contribution in [0.5, 0.6) is 11.5 Å².